The van der Waals surface area contributed by atoms with Crippen molar-refractivity contribution in [2.45, 2.75) is 19.4 Å². The van der Waals surface area contributed by atoms with Crippen molar-refractivity contribution in [3.05, 3.63) is 58.2 Å². The third kappa shape index (κ3) is 4.54. The van der Waals surface area contributed by atoms with E-state index in [1.165, 1.54) is 12.3 Å². The summed E-state index contributed by atoms with van der Waals surface area (Å²) in [5.74, 6) is -0.878. The van der Waals surface area contributed by atoms with Gasteiger partial charge in [-0.3, -0.25) is 4.79 Å². The number of hydrogen-bond donors (Lipinski definition) is 1. The molecule has 0 radical (unpaired) electrons. The molecule has 8 heteroatoms. The van der Waals surface area contributed by atoms with E-state index < -0.39 is 17.7 Å². The molecule has 2 heterocycles. The standard InChI is InChI=1S/C19H20ClF2N3O2/c1-2-17(14-10-13(21)3-4-16(14)22)24-18-15(20)9-12(11-23-18)19(26)25-5-7-27-8-6-25/h3-4,9-11,17H,2,5-8H2,1H3,(H,23,24). The van der Waals surface area contributed by atoms with Crippen molar-refractivity contribution in [1.82, 2.24) is 9.88 Å². The molecule has 0 saturated carbocycles. The fraction of sp³-hybridized carbons (Fsp3) is 0.368. The molecule has 5 nitrogen and oxygen atoms in total. The van der Waals surface area contributed by atoms with Gasteiger partial charge in [0.2, 0.25) is 0 Å². The molecule has 1 atom stereocenters. The van der Waals surface area contributed by atoms with Gasteiger partial charge in [0, 0.05) is 24.8 Å². The first-order valence-corrected chi connectivity index (χ1v) is 9.11. The second-order valence-electron chi connectivity index (χ2n) is 6.23. The summed E-state index contributed by atoms with van der Waals surface area (Å²) in [6.45, 7) is 3.89. The van der Waals surface area contributed by atoms with Crippen LogP contribution in [0, 0.1) is 11.6 Å². The molecule has 0 aliphatic carbocycles. The number of ether oxygens (including phenoxy) is 1. The number of aromatic nitrogens is 1. The summed E-state index contributed by atoms with van der Waals surface area (Å²) in [7, 11) is 0. The Hall–Kier alpha value is -2.25. The Morgan fingerprint density at radius 3 is 2.74 bits per heavy atom. The van der Waals surface area contributed by atoms with E-state index in [1.807, 2.05) is 6.92 Å². The van der Waals surface area contributed by atoms with E-state index in [0.717, 1.165) is 18.2 Å². The molecular formula is C19H20ClF2N3O2. The molecule has 0 bridgehead atoms. The van der Waals surface area contributed by atoms with E-state index in [1.54, 1.807) is 4.90 Å². The van der Waals surface area contributed by atoms with Gasteiger partial charge < -0.3 is 15.0 Å². The Balaban J connectivity index is 1.78. The molecule has 27 heavy (non-hydrogen) atoms. The third-order valence-corrected chi connectivity index (χ3v) is 4.73. The lowest BCUT2D eigenvalue weighted by Crippen LogP contribution is -2.40. The minimum Gasteiger partial charge on any atom is -0.378 e. The highest BCUT2D eigenvalue weighted by Gasteiger charge is 2.21. The van der Waals surface area contributed by atoms with Crippen LogP contribution in [0.3, 0.4) is 0 Å². The van der Waals surface area contributed by atoms with Crippen molar-refractivity contribution < 1.29 is 18.3 Å². The van der Waals surface area contributed by atoms with Crippen molar-refractivity contribution >= 4 is 23.3 Å². The summed E-state index contributed by atoms with van der Waals surface area (Å²) < 4.78 is 32.8. The van der Waals surface area contributed by atoms with E-state index in [9.17, 15) is 13.6 Å². The highest BCUT2D eigenvalue weighted by Crippen LogP contribution is 2.29. The first-order valence-electron chi connectivity index (χ1n) is 8.73. The number of halogens is 3. The van der Waals surface area contributed by atoms with Crippen molar-refractivity contribution in [2.75, 3.05) is 31.6 Å². The van der Waals surface area contributed by atoms with E-state index >= 15 is 0 Å². The van der Waals surface area contributed by atoms with E-state index in [2.05, 4.69) is 10.3 Å². The number of nitrogens with one attached hydrogen (secondary N) is 1. The van der Waals surface area contributed by atoms with Gasteiger partial charge in [0.15, 0.2) is 0 Å². The molecule has 1 aromatic heterocycles. The molecule has 1 aliphatic rings. The van der Waals surface area contributed by atoms with Crippen molar-refractivity contribution in [3.8, 4) is 0 Å². The number of anilines is 1. The fourth-order valence-corrected chi connectivity index (χ4v) is 3.18. The molecule has 1 aromatic carbocycles. The number of nitrogens with zero attached hydrogens (tertiary/aromatic N) is 2. The topological polar surface area (TPSA) is 54.5 Å². The molecule has 1 unspecified atom stereocenters. The minimum absolute atomic E-state index is 0.164. The maximum Gasteiger partial charge on any atom is 0.255 e. The van der Waals surface area contributed by atoms with Gasteiger partial charge in [-0.1, -0.05) is 18.5 Å². The molecule has 3 rings (SSSR count). The monoisotopic (exact) mass is 395 g/mol. The second kappa shape index (κ2) is 8.63. The van der Waals surface area contributed by atoms with Crippen LogP contribution >= 0.6 is 11.6 Å². The Kier molecular flexibility index (Phi) is 6.23. The second-order valence-corrected chi connectivity index (χ2v) is 6.64. The van der Waals surface area contributed by atoms with Crippen LogP contribution < -0.4 is 5.32 Å². The number of pyridine rings is 1. The lowest BCUT2D eigenvalue weighted by atomic mass is 10.0. The van der Waals surface area contributed by atoms with Gasteiger partial charge in [-0.25, -0.2) is 13.8 Å². The average Bonchev–Trinajstić information content (AvgIpc) is 2.69. The molecule has 144 valence electrons. The predicted molar refractivity (Wildman–Crippen MR) is 99.0 cm³/mol. The molecule has 1 N–H and O–H groups in total. The summed E-state index contributed by atoms with van der Waals surface area (Å²) in [5, 5.41) is 3.27. The minimum atomic E-state index is -0.517. The predicted octanol–water partition coefficient (Wildman–Crippen LogP) is 4.05. The number of carbonyl (C=O) groups excluding carboxylic acids is 1. The van der Waals surface area contributed by atoms with Gasteiger partial charge in [0.25, 0.3) is 5.91 Å². The van der Waals surface area contributed by atoms with Crippen LogP contribution in [-0.2, 0) is 4.74 Å². The highest BCUT2D eigenvalue weighted by atomic mass is 35.5. The lowest BCUT2D eigenvalue weighted by molar-refractivity contribution is 0.0302. The van der Waals surface area contributed by atoms with Crippen LogP contribution in [-0.4, -0.2) is 42.1 Å². The zero-order valence-corrected chi connectivity index (χ0v) is 15.6. The zero-order chi connectivity index (χ0) is 19.4. The van der Waals surface area contributed by atoms with Crippen LogP contribution in [0.5, 0.6) is 0 Å². The fourth-order valence-electron chi connectivity index (χ4n) is 2.96. The molecular weight excluding hydrogens is 376 g/mol. The van der Waals surface area contributed by atoms with Crippen molar-refractivity contribution in [1.29, 1.82) is 0 Å². The van der Waals surface area contributed by atoms with Gasteiger partial charge in [-0.05, 0) is 30.7 Å². The smallest absolute Gasteiger partial charge is 0.255 e. The first kappa shape index (κ1) is 19.5. The zero-order valence-electron chi connectivity index (χ0n) is 14.8. The number of hydrogen-bond acceptors (Lipinski definition) is 4. The SMILES string of the molecule is CCC(Nc1ncc(C(=O)N2CCOCC2)cc1Cl)c1cc(F)ccc1F. The van der Waals surface area contributed by atoms with E-state index in [-0.39, 0.29) is 16.5 Å². The Morgan fingerprint density at radius 1 is 1.33 bits per heavy atom. The van der Waals surface area contributed by atoms with Crippen LogP contribution in [0.4, 0.5) is 14.6 Å². The van der Waals surface area contributed by atoms with Crippen LogP contribution in [0.25, 0.3) is 0 Å². The molecule has 1 amide bonds. The Bertz CT molecular complexity index is 829. The third-order valence-electron chi connectivity index (χ3n) is 4.44. The summed E-state index contributed by atoms with van der Waals surface area (Å²) >= 11 is 6.28. The average molecular weight is 396 g/mol. The van der Waals surface area contributed by atoms with Crippen molar-refractivity contribution in [3.63, 3.8) is 0 Å². The number of carbonyl (C=O) groups is 1. The number of rotatable bonds is 5. The molecule has 0 spiro atoms. The van der Waals surface area contributed by atoms with Crippen molar-refractivity contribution in [2.24, 2.45) is 0 Å². The Labute approximate surface area is 161 Å². The molecule has 1 aliphatic heterocycles. The normalized spacial score (nSPS) is 15.5. The summed E-state index contributed by atoms with van der Waals surface area (Å²) in [5.41, 5.74) is 0.571. The lowest BCUT2D eigenvalue weighted by Gasteiger charge is -2.27. The summed E-state index contributed by atoms with van der Waals surface area (Å²) in [4.78, 5) is 18.4. The van der Waals surface area contributed by atoms with Gasteiger partial charge in [0.05, 0.1) is 29.8 Å². The number of benzene rings is 1. The molecule has 1 saturated heterocycles. The Morgan fingerprint density at radius 2 is 2.07 bits per heavy atom. The quantitative estimate of drug-likeness (QED) is 0.829. The van der Waals surface area contributed by atoms with Crippen LogP contribution in [0.1, 0.15) is 35.3 Å². The van der Waals surface area contributed by atoms with E-state index in [4.69, 9.17) is 16.3 Å². The number of amides is 1. The van der Waals surface area contributed by atoms with Crippen LogP contribution in [0.2, 0.25) is 5.02 Å². The highest BCUT2D eigenvalue weighted by molar-refractivity contribution is 6.33. The molecule has 1 fully saturated rings. The summed E-state index contributed by atoms with van der Waals surface area (Å²) in [6.07, 6.45) is 1.92. The van der Waals surface area contributed by atoms with Gasteiger partial charge in [0.1, 0.15) is 17.5 Å². The van der Waals surface area contributed by atoms with Gasteiger partial charge in [-0.2, -0.15) is 0 Å². The van der Waals surface area contributed by atoms with E-state index in [0.29, 0.717) is 44.1 Å². The molecule has 2 aromatic rings. The van der Waals surface area contributed by atoms with Gasteiger partial charge >= 0.3 is 0 Å². The maximum absolute atomic E-state index is 14.1. The largest absolute Gasteiger partial charge is 0.378 e. The summed E-state index contributed by atoms with van der Waals surface area (Å²) in [6, 6.07) is 4.34. The first-order chi connectivity index (χ1) is 13.0. The number of morpholine rings is 1. The van der Waals surface area contributed by atoms with Gasteiger partial charge in [-0.15, -0.1) is 0 Å². The van der Waals surface area contributed by atoms with Crippen LogP contribution in [0.15, 0.2) is 30.5 Å². The maximum atomic E-state index is 14.1.